The van der Waals surface area contributed by atoms with Gasteiger partial charge in [-0.2, -0.15) is 12.7 Å². The summed E-state index contributed by atoms with van der Waals surface area (Å²) < 4.78 is 29.1. The first-order valence-corrected chi connectivity index (χ1v) is 9.89. The summed E-state index contributed by atoms with van der Waals surface area (Å²) in [5, 5.41) is 3.42. The number of hydrogen-bond acceptors (Lipinski definition) is 3. The first kappa shape index (κ1) is 17.2. The van der Waals surface area contributed by atoms with Crippen molar-refractivity contribution in [2.75, 3.05) is 26.2 Å². The van der Waals surface area contributed by atoms with Crippen molar-refractivity contribution in [1.82, 2.24) is 14.3 Å². The minimum Gasteiger partial charge on any atom is -0.314 e. The van der Waals surface area contributed by atoms with Gasteiger partial charge in [-0.05, 0) is 37.6 Å². The van der Waals surface area contributed by atoms with Crippen LogP contribution in [0.1, 0.15) is 52.4 Å². The predicted molar refractivity (Wildman–Crippen MR) is 86.3 cm³/mol. The van der Waals surface area contributed by atoms with E-state index in [9.17, 15) is 8.42 Å². The molecule has 6 heteroatoms. The molecule has 0 bridgehead atoms. The van der Waals surface area contributed by atoms with Crippen LogP contribution in [0.25, 0.3) is 0 Å². The molecule has 1 atom stereocenters. The lowest BCUT2D eigenvalue weighted by molar-refractivity contribution is 0.252. The molecule has 2 aliphatic rings. The minimum absolute atomic E-state index is 0.435. The van der Waals surface area contributed by atoms with Crippen LogP contribution in [0.4, 0.5) is 0 Å². The maximum absolute atomic E-state index is 12.4. The van der Waals surface area contributed by atoms with E-state index in [-0.39, 0.29) is 0 Å². The largest absolute Gasteiger partial charge is 0.314 e. The quantitative estimate of drug-likeness (QED) is 0.716. The van der Waals surface area contributed by atoms with Crippen molar-refractivity contribution in [2.24, 2.45) is 11.8 Å². The standard InChI is InChI=1S/C15H31N3O2S/c1-13(2)16-11-15-7-4-10-18(12-15)21(19,20)17-9-8-14-5-3-6-14/h13-17H,3-12H2,1-2H3. The third-order valence-corrected chi connectivity index (χ3v) is 6.28. The van der Waals surface area contributed by atoms with Crippen molar-refractivity contribution in [3.63, 3.8) is 0 Å². The summed E-state index contributed by atoms with van der Waals surface area (Å²) in [6.07, 6.45) is 6.93. The summed E-state index contributed by atoms with van der Waals surface area (Å²) in [6.45, 7) is 7.07. The summed E-state index contributed by atoms with van der Waals surface area (Å²) in [4.78, 5) is 0. The third-order valence-electron chi connectivity index (χ3n) is 4.70. The lowest BCUT2D eigenvalue weighted by atomic mass is 9.83. The lowest BCUT2D eigenvalue weighted by Crippen LogP contribution is -2.48. The van der Waals surface area contributed by atoms with E-state index >= 15 is 0 Å². The molecule has 0 spiro atoms. The van der Waals surface area contributed by atoms with Gasteiger partial charge in [0.15, 0.2) is 0 Å². The van der Waals surface area contributed by atoms with E-state index in [2.05, 4.69) is 23.9 Å². The molecule has 5 nitrogen and oxygen atoms in total. The molecule has 0 aromatic carbocycles. The van der Waals surface area contributed by atoms with Crippen molar-refractivity contribution >= 4 is 10.2 Å². The number of piperidine rings is 1. The van der Waals surface area contributed by atoms with E-state index in [4.69, 9.17) is 0 Å². The second-order valence-electron chi connectivity index (χ2n) is 6.91. The Morgan fingerprint density at radius 3 is 2.48 bits per heavy atom. The van der Waals surface area contributed by atoms with Gasteiger partial charge in [0, 0.05) is 25.7 Å². The number of hydrogen-bond donors (Lipinski definition) is 2. The first-order valence-electron chi connectivity index (χ1n) is 8.45. The highest BCUT2D eigenvalue weighted by atomic mass is 32.2. The number of rotatable bonds is 8. The van der Waals surface area contributed by atoms with Crippen molar-refractivity contribution in [2.45, 2.75) is 58.4 Å². The van der Waals surface area contributed by atoms with E-state index in [0.29, 0.717) is 31.6 Å². The monoisotopic (exact) mass is 317 g/mol. The minimum atomic E-state index is -3.28. The van der Waals surface area contributed by atoms with Gasteiger partial charge in [-0.3, -0.25) is 0 Å². The van der Waals surface area contributed by atoms with Crippen molar-refractivity contribution in [3.8, 4) is 0 Å². The second kappa shape index (κ2) is 7.90. The van der Waals surface area contributed by atoms with E-state index < -0.39 is 10.2 Å². The Morgan fingerprint density at radius 2 is 1.86 bits per heavy atom. The molecule has 1 unspecified atom stereocenters. The van der Waals surface area contributed by atoms with Gasteiger partial charge in [0.1, 0.15) is 0 Å². The highest BCUT2D eigenvalue weighted by Crippen LogP contribution is 2.28. The van der Waals surface area contributed by atoms with Gasteiger partial charge in [0.25, 0.3) is 10.2 Å². The molecule has 2 fully saturated rings. The van der Waals surface area contributed by atoms with Crippen molar-refractivity contribution in [3.05, 3.63) is 0 Å². The van der Waals surface area contributed by atoms with Gasteiger partial charge < -0.3 is 5.32 Å². The molecular weight excluding hydrogens is 286 g/mol. The molecule has 2 N–H and O–H groups in total. The van der Waals surface area contributed by atoms with Gasteiger partial charge in [0.2, 0.25) is 0 Å². The SMILES string of the molecule is CC(C)NCC1CCCN(S(=O)(=O)NCCC2CCC2)C1. The summed E-state index contributed by atoms with van der Waals surface area (Å²) >= 11 is 0. The Bertz CT molecular complexity index is 407. The molecule has 2 rings (SSSR count). The van der Waals surface area contributed by atoms with Crippen LogP contribution in [-0.2, 0) is 10.2 Å². The third kappa shape index (κ3) is 5.51. The molecule has 0 amide bonds. The molecule has 21 heavy (non-hydrogen) atoms. The Hall–Kier alpha value is -0.170. The number of nitrogens with one attached hydrogen (secondary N) is 2. The fourth-order valence-electron chi connectivity index (χ4n) is 3.08. The van der Waals surface area contributed by atoms with Crippen LogP contribution in [-0.4, -0.2) is 44.9 Å². The van der Waals surface area contributed by atoms with E-state index in [1.807, 2.05) is 0 Å². The van der Waals surface area contributed by atoms with Crippen LogP contribution in [0.3, 0.4) is 0 Å². The average molecular weight is 317 g/mol. The van der Waals surface area contributed by atoms with Gasteiger partial charge in [-0.15, -0.1) is 0 Å². The fraction of sp³-hybridized carbons (Fsp3) is 1.00. The van der Waals surface area contributed by atoms with E-state index in [1.165, 1.54) is 19.3 Å². The van der Waals surface area contributed by atoms with E-state index in [0.717, 1.165) is 31.7 Å². The van der Waals surface area contributed by atoms with E-state index in [1.54, 1.807) is 4.31 Å². The maximum Gasteiger partial charge on any atom is 0.279 e. The Balaban J connectivity index is 1.75. The van der Waals surface area contributed by atoms with Crippen LogP contribution in [0.5, 0.6) is 0 Å². The van der Waals surface area contributed by atoms with Gasteiger partial charge in [0.05, 0.1) is 0 Å². The summed E-state index contributed by atoms with van der Waals surface area (Å²) in [7, 11) is -3.28. The highest BCUT2D eigenvalue weighted by Gasteiger charge is 2.28. The first-order chi connectivity index (χ1) is 9.97. The second-order valence-corrected chi connectivity index (χ2v) is 8.67. The zero-order valence-electron chi connectivity index (χ0n) is 13.5. The molecule has 0 aromatic rings. The Labute approximate surface area is 130 Å². The van der Waals surface area contributed by atoms with Crippen molar-refractivity contribution < 1.29 is 8.42 Å². The van der Waals surface area contributed by atoms with Crippen LogP contribution in [0, 0.1) is 11.8 Å². The Kier molecular flexibility index (Phi) is 6.47. The molecule has 1 saturated heterocycles. The summed E-state index contributed by atoms with van der Waals surface area (Å²) in [5.74, 6) is 1.18. The van der Waals surface area contributed by atoms with Crippen LogP contribution >= 0.6 is 0 Å². The average Bonchev–Trinajstić information content (AvgIpc) is 2.39. The number of nitrogens with zero attached hydrogens (tertiary/aromatic N) is 1. The zero-order chi connectivity index (χ0) is 15.3. The van der Waals surface area contributed by atoms with Crippen molar-refractivity contribution in [1.29, 1.82) is 0 Å². The van der Waals surface area contributed by atoms with Gasteiger partial charge in [-0.1, -0.05) is 33.1 Å². The normalized spacial score (nSPS) is 25.2. The van der Waals surface area contributed by atoms with Gasteiger partial charge in [-0.25, -0.2) is 4.72 Å². The molecule has 0 radical (unpaired) electrons. The molecule has 1 aliphatic heterocycles. The lowest BCUT2D eigenvalue weighted by Gasteiger charge is -2.33. The maximum atomic E-state index is 12.4. The molecule has 124 valence electrons. The molecule has 0 aromatic heterocycles. The summed E-state index contributed by atoms with van der Waals surface area (Å²) in [5.41, 5.74) is 0. The zero-order valence-corrected chi connectivity index (χ0v) is 14.3. The fourth-order valence-corrected chi connectivity index (χ4v) is 4.41. The highest BCUT2D eigenvalue weighted by molar-refractivity contribution is 7.87. The summed E-state index contributed by atoms with van der Waals surface area (Å²) in [6, 6.07) is 0.456. The molecular formula is C15H31N3O2S. The predicted octanol–water partition coefficient (Wildman–Crippen LogP) is 1.72. The Morgan fingerprint density at radius 1 is 1.14 bits per heavy atom. The van der Waals surface area contributed by atoms with Crippen LogP contribution < -0.4 is 10.0 Å². The topological polar surface area (TPSA) is 61.4 Å². The molecule has 1 saturated carbocycles. The molecule has 1 heterocycles. The van der Waals surface area contributed by atoms with Gasteiger partial charge >= 0.3 is 0 Å². The van der Waals surface area contributed by atoms with Crippen LogP contribution in [0.15, 0.2) is 0 Å². The molecule has 1 aliphatic carbocycles. The van der Waals surface area contributed by atoms with Crippen LogP contribution in [0.2, 0.25) is 0 Å². The smallest absolute Gasteiger partial charge is 0.279 e.